The van der Waals surface area contributed by atoms with E-state index >= 15 is 0 Å². The standard InChI is InChI=1S/C17H25N3O/c21-17-15(8-3-4-10-18-17)19-13-14-7-1-2-9-16(14)20-11-5-6-12-20/h1-2,7,9,15,19H,3-6,8,10-13H2,(H,18,21). The molecule has 0 aromatic heterocycles. The van der Waals surface area contributed by atoms with Crippen LogP contribution < -0.4 is 15.5 Å². The van der Waals surface area contributed by atoms with Gasteiger partial charge in [0.2, 0.25) is 5.91 Å². The molecule has 1 unspecified atom stereocenters. The maximum Gasteiger partial charge on any atom is 0.237 e. The Kier molecular flexibility index (Phi) is 4.76. The quantitative estimate of drug-likeness (QED) is 0.891. The van der Waals surface area contributed by atoms with E-state index in [1.54, 1.807) is 0 Å². The molecule has 21 heavy (non-hydrogen) atoms. The fourth-order valence-corrected chi connectivity index (χ4v) is 3.29. The predicted molar refractivity (Wildman–Crippen MR) is 85.4 cm³/mol. The van der Waals surface area contributed by atoms with Crippen LogP contribution in [0.2, 0.25) is 0 Å². The zero-order valence-electron chi connectivity index (χ0n) is 12.6. The molecule has 1 aromatic rings. The van der Waals surface area contributed by atoms with E-state index in [0.29, 0.717) is 0 Å². The van der Waals surface area contributed by atoms with E-state index in [1.807, 2.05) is 0 Å². The summed E-state index contributed by atoms with van der Waals surface area (Å²) in [4.78, 5) is 14.5. The van der Waals surface area contributed by atoms with Crippen LogP contribution in [-0.2, 0) is 11.3 Å². The number of para-hydroxylation sites is 1. The molecule has 0 radical (unpaired) electrons. The van der Waals surface area contributed by atoms with Crippen molar-refractivity contribution >= 4 is 11.6 Å². The predicted octanol–water partition coefficient (Wildman–Crippen LogP) is 2.05. The molecule has 114 valence electrons. The number of amides is 1. The van der Waals surface area contributed by atoms with Gasteiger partial charge >= 0.3 is 0 Å². The number of hydrogen-bond acceptors (Lipinski definition) is 3. The van der Waals surface area contributed by atoms with Crippen LogP contribution in [0.5, 0.6) is 0 Å². The van der Waals surface area contributed by atoms with Crippen molar-refractivity contribution in [3.05, 3.63) is 29.8 Å². The maximum atomic E-state index is 12.0. The summed E-state index contributed by atoms with van der Waals surface area (Å²) >= 11 is 0. The van der Waals surface area contributed by atoms with Crippen LogP contribution in [0.15, 0.2) is 24.3 Å². The second kappa shape index (κ2) is 6.94. The van der Waals surface area contributed by atoms with Crippen LogP contribution in [-0.4, -0.2) is 31.6 Å². The van der Waals surface area contributed by atoms with Crippen molar-refractivity contribution in [1.29, 1.82) is 0 Å². The second-order valence-electron chi connectivity index (χ2n) is 6.04. The SMILES string of the molecule is O=C1NCCCCC1NCc1ccccc1N1CCCC1. The van der Waals surface area contributed by atoms with Crippen molar-refractivity contribution in [2.75, 3.05) is 24.5 Å². The van der Waals surface area contributed by atoms with Crippen molar-refractivity contribution in [2.24, 2.45) is 0 Å². The minimum atomic E-state index is -0.0425. The molecule has 2 saturated heterocycles. The average Bonchev–Trinajstić information content (AvgIpc) is 2.96. The van der Waals surface area contributed by atoms with Crippen molar-refractivity contribution in [3.8, 4) is 0 Å². The highest BCUT2D eigenvalue weighted by atomic mass is 16.2. The van der Waals surface area contributed by atoms with Gasteiger partial charge in [0, 0.05) is 31.9 Å². The molecule has 2 N–H and O–H groups in total. The third-order valence-corrected chi connectivity index (χ3v) is 4.51. The molecule has 1 atom stereocenters. The van der Waals surface area contributed by atoms with Crippen LogP contribution in [0, 0.1) is 0 Å². The van der Waals surface area contributed by atoms with Crippen LogP contribution in [0.1, 0.15) is 37.7 Å². The molecule has 3 rings (SSSR count). The molecule has 0 aliphatic carbocycles. The maximum absolute atomic E-state index is 12.0. The van der Waals surface area contributed by atoms with Gasteiger partial charge in [-0.2, -0.15) is 0 Å². The van der Waals surface area contributed by atoms with E-state index in [4.69, 9.17) is 0 Å². The van der Waals surface area contributed by atoms with E-state index in [1.165, 1.54) is 24.1 Å². The molecule has 2 heterocycles. The Balaban J connectivity index is 1.65. The van der Waals surface area contributed by atoms with Gasteiger partial charge in [-0.15, -0.1) is 0 Å². The highest BCUT2D eigenvalue weighted by Crippen LogP contribution is 2.24. The summed E-state index contributed by atoms with van der Waals surface area (Å²) in [6.45, 7) is 3.90. The van der Waals surface area contributed by atoms with Crippen LogP contribution in [0.4, 0.5) is 5.69 Å². The van der Waals surface area contributed by atoms with E-state index in [-0.39, 0.29) is 11.9 Å². The summed E-state index contributed by atoms with van der Waals surface area (Å²) in [5, 5.41) is 6.44. The van der Waals surface area contributed by atoms with E-state index < -0.39 is 0 Å². The van der Waals surface area contributed by atoms with Crippen molar-refractivity contribution in [2.45, 2.75) is 44.7 Å². The number of rotatable bonds is 4. The van der Waals surface area contributed by atoms with E-state index in [2.05, 4.69) is 39.8 Å². The lowest BCUT2D eigenvalue weighted by molar-refractivity contribution is -0.122. The monoisotopic (exact) mass is 287 g/mol. The lowest BCUT2D eigenvalue weighted by atomic mass is 10.1. The molecule has 1 aromatic carbocycles. The zero-order chi connectivity index (χ0) is 14.5. The summed E-state index contributed by atoms with van der Waals surface area (Å²) in [6.07, 6.45) is 5.72. The van der Waals surface area contributed by atoms with Gasteiger partial charge in [-0.3, -0.25) is 4.79 Å². The Morgan fingerprint density at radius 3 is 2.81 bits per heavy atom. The van der Waals surface area contributed by atoms with Crippen molar-refractivity contribution in [1.82, 2.24) is 10.6 Å². The number of anilines is 1. The smallest absolute Gasteiger partial charge is 0.237 e. The van der Waals surface area contributed by atoms with Gasteiger partial charge in [-0.1, -0.05) is 18.2 Å². The first kappa shape index (κ1) is 14.4. The van der Waals surface area contributed by atoms with Gasteiger partial charge < -0.3 is 15.5 Å². The first-order chi connectivity index (χ1) is 10.3. The minimum Gasteiger partial charge on any atom is -0.371 e. The van der Waals surface area contributed by atoms with Crippen LogP contribution in [0.25, 0.3) is 0 Å². The van der Waals surface area contributed by atoms with Crippen LogP contribution >= 0.6 is 0 Å². The molecule has 2 aliphatic heterocycles. The summed E-state index contributed by atoms with van der Waals surface area (Å²) in [5.41, 5.74) is 2.63. The average molecular weight is 287 g/mol. The lowest BCUT2D eigenvalue weighted by Gasteiger charge is -2.23. The van der Waals surface area contributed by atoms with Gasteiger partial charge in [-0.05, 0) is 43.7 Å². The number of benzene rings is 1. The fraction of sp³-hybridized carbons (Fsp3) is 0.588. The van der Waals surface area contributed by atoms with Gasteiger partial charge in [-0.25, -0.2) is 0 Å². The summed E-state index contributed by atoms with van der Waals surface area (Å²) in [7, 11) is 0. The van der Waals surface area contributed by atoms with E-state index in [9.17, 15) is 4.79 Å². The molecule has 4 nitrogen and oxygen atoms in total. The molecular formula is C17H25N3O. The number of nitrogens with one attached hydrogen (secondary N) is 2. The minimum absolute atomic E-state index is 0.0425. The zero-order valence-corrected chi connectivity index (χ0v) is 12.6. The highest BCUT2D eigenvalue weighted by Gasteiger charge is 2.21. The summed E-state index contributed by atoms with van der Waals surface area (Å²) < 4.78 is 0. The van der Waals surface area contributed by atoms with Gasteiger partial charge in [0.05, 0.1) is 6.04 Å². The Labute approximate surface area is 126 Å². The van der Waals surface area contributed by atoms with E-state index in [0.717, 1.165) is 45.4 Å². The molecule has 0 bridgehead atoms. The lowest BCUT2D eigenvalue weighted by Crippen LogP contribution is -2.42. The van der Waals surface area contributed by atoms with Crippen molar-refractivity contribution < 1.29 is 4.79 Å². The topological polar surface area (TPSA) is 44.4 Å². The molecule has 0 saturated carbocycles. The molecule has 4 heteroatoms. The first-order valence-electron chi connectivity index (χ1n) is 8.18. The Morgan fingerprint density at radius 1 is 1.14 bits per heavy atom. The highest BCUT2D eigenvalue weighted by molar-refractivity contribution is 5.81. The molecule has 2 aliphatic rings. The normalized spacial score (nSPS) is 23.0. The number of carbonyl (C=O) groups excluding carboxylic acids is 1. The molecular weight excluding hydrogens is 262 g/mol. The largest absolute Gasteiger partial charge is 0.371 e. The number of carbonyl (C=O) groups is 1. The molecule has 2 fully saturated rings. The Bertz CT molecular complexity index is 483. The van der Waals surface area contributed by atoms with Crippen molar-refractivity contribution in [3.63, 3.8) is 0 Å². The fourth-order valence-electron chi connectivity index (χ4n) is 3.29. The third kappa shape index (κ3) is 3.56. The van der Waals surface area contributed by atoms with Gasteiger partial charge in [0.1, 0.15) is 0 Å². The van der Waals surface area contributed by atoms with Gasteiger partial charge in [0.15, 0.2) is 0 Å². The number of hydrogen-bond donors (Lipinski definition) is 2. The number of nitrogens with zero attached hydrogens (tertiary/aromatic N) is 1. The summed E-state index contributed by atoms with van der Waals surface area (Å²) in [5.74, 6) is 0.158. The van der Waals surface area contributed by atoms with Gasteiger partial charge in [0.25, 0.3) is 0 Å². The Morgan fingerprint density at radius 2 is 1.95 bits per heavy atom. The third-order valence-electron chi connectivity index (χ3n) is 4.51. The summed E-state index contributed by atoms with van der Waals surface area (Å²) in [6, 6.07) is 8.53. The first-order valence-corrected chi connectivity index (χ1v) is 8.18. The molecule has 1 amide bonds. The van der Waals surface area contributed by atoms with Crippen LogP contribution in [0.3, 0.4) is 0 Å². The molecule has 0 spiro atoms. The Hall–Kier alpha value is -1.55. The second-order valence-corrected chi connectivity index (χ2v) is 6.04.